The van der Waals surface area contributed by atoms with Crippen molar-refractivity contribution in [1.29, 1.82) is 0 Å². The second kappa shape index (κ2) is 8.39. The molecular weight excluding hydrogens is 400 g/mol. The third-order valence-corrected chi connectivity index (χ3v) is 4.83. The van der Waals surface area contributed by atoms with Gasteiger partial charge in [0, 0.05) is 16.2 Å². The summed E-state index contributed by atoms with van der Waals surface area (Å²) in [5.41, 5.74) is 0.714. The summed E-state index contributed by atoms with van der Waals surface area (Å²) >= 11 is 3.51. The number of hydrogen-bond donors (Lipinski definition) is 2. The van der Waals surface area contributed by atoms with Gasteiger partial charge in [-0.3, -0.25) is 5.32 Å². The molecule has 2 N–H and O–H groups in total. The van der Waals surface area contributed by atoms with E-state index in [1.165, 1.54) is 0 Å². The van der Waals surface area contributed by atoms with E-state index >= 15 is 0 Å². The van der Waals surface area contributed by atoms with Crippen LogP contribution in [0.5, 0.6) is 5.88 Å². The van der Waals surface area contributed by atoms with Crippen LogP contribution in [-0.4, -0.2) is 35.0 Å². The topological polar surface area (TPSA) is 80.7 Å². The second-order valence-corrected chi connectivity index (χ2v) is 8.51. The number of amides is 1. The number of halogens is 1. The van der Waals surface area contributed by atoms with Crippen molar-refractivity contribution in [2.75, 3.05) is 7.11 Å². The van der Waals surface area contributed by atoms with E-state index in [1.807, 2.05) is 12.1 Å². The van der Waals surface area contributed by atoms with E-state index in [0.29, 0.717) is 18.0 Å². The highest BCUT2D eigenvalue weighted by atomic mass is 79.9. The molecule has 1 aromatic heterocycles. The number of nitrogens with zero attached hydrogens (tertiary/aromatic N) is 1. The number of aliphatic hydroxyl groups excluding tert-OH is 1. The van der Waals surface area contributed by atoms with Crippen LogP contribution < -0.4 is 10.1 Å². The monoisotopic (exact) mass is 426 g/mol. The van der Waals surface area contributed by atoms with Gasteiger partial charge in [0.1, 0.15) is 5.60 Å². The molecule has 3 atom stereocenters. The maximum Gasteiger partial charge on any atom is 0.411 e. The molecule has 0 saturated heterocycles. The Kier molecular flexibility index (Phi) is 6.69. The highest BCUT2D eigenvalue weighted by Gasteiger charge is 2.32. The molecule has 0 aromatic carbocycles. The predicted molar refractivity (Wildman–Crippen MR) is 103 cm³/mol. The minimum absolute atomic E-state index is 0.0733. The zero-order valence-electron chi connectivity index (χ0n) is 15.9. The molecule has 144 valence electrons. The van der Waals surface area contributed by atoms with Crippen molar-refractivity contribution < 1.29 is 19.4 Å². The van der Waals surface area contributed by atoms with Crippen molar-refractivity contribution in [2.45, 2.75) is 52.2 Å². The van der Waals surface area contributed by atoms with Gasteiger partial charge in [-0.05, 0) is 67.4 Å². The summed E-state index contributed by atoms with van der Waals surface area (Å²) in [6.07, 6.45) is 1.90. The van der Waals surface area contributed by atoms with Crippen molar-refractivity contribution in [3.05, 3.63) is 34.1 Å². The SMILES string of the molecule is COc1ccc(Br)c(C[C@@H]2C[C@@H](C)C=C(NC(=O)OC(C)(C)C)C2O)n1. The second-order valence-electron chi connectivity index (χ2n) is 7.65. The number of aromatic nitrogens is 1. The Labute approximate surface area is 163 Å². The molecule has 26 heavy (non-hydrogen) atoms. The number of rotatable bonds is 4. The Morgan fingerprint density at radius 2 is 2.12 bits per heavy atom. The Morgan fingerprint density at radius 3 is 2.73 bits per heavy atom. The van der Waals surface area contributed by atoms with Crippen LogP contribution in [-0.2, 0) is 11.2 Å². The van der Waals surface area contributed by atoms with Crippen molar-refractivity contribution in [3.63, 3.8) is 0 Å². The molecule has 1 aromatic rings. The van der Waals surface area contributed by atoms with E-state index in [9.17, 15) is 9.90 Å². The van der Waals surface area contributed by atoms with Crippen LogP contribution in [0.3, 0.4) is 0 Å². The van der Waals surface area contributed by atoms with Gasteiger partial charge in [0.05, 0.1) is 18.9 Å². The van der Waals surface area contributed by atoms with Gasteiger partial charge < -0.3 is 14.6 Å². The molecule has 6 nitrogen and oxygen atoms in total. The van der Waals surface area contributed by atoms with Crippen molar-refractivity contribution in [3.8, 4) is 5.88 Å². The quantitative estimate of drug-likeness (QED) is 0.764. The molecule has 0 spiro atoms. The first-order valence-corrected chi connectivity index (χ1v) is 9.47. The molecule has 1 aliphatic rings. The largest absolute Gasteiger partial charge is 0.481 e. The minimum atomic E-state index is -0.793. The zero-order valence-corrected chi connectivity index (χ0v) is 17.5. The Morgan fingerprint density at radius 1 is 1.42 bits per heavy atom. The smallest absolute Gasteiger partial charge is 0.411 e. The summed E-state index contributed by atoms with van der Waals surface area (Å²) in [7, 11) is 1.57. The maximum atomic E-state index is 12.1. The summed E-state index contributed by atoms with van der Waals surface area (Å²) in [5, 5.41) is 13.5. The van der Waals surface area contributed by atoms with E-state index in [-0.39, 0.29) is 11.8 Å². The van der Waals surface area contributed by atoms with Crippen molar-refractivity contribution >= 4 is 22.0 Å². The fraction of sp³-hybridized carbons (Fsp3) is 0.579. The maximum absolute atomic E-state index is 12.1. The van der Waals surface area contributed by atoms with Gasteiger partial charge in [0.25, 0.3) is 0 Å². The average Bonchev–Trinajstić information content (AvgIpc) is 2.52. The summed E-state index contributed by atoms with van der Waals surface area (Å²) in [4.78, 5) is 16.5. The molecule has 1 amide bonds. The Bertz CT molecular complexity index is 685. The summed E-state index contributed by atoms with van der Waals surface area (Å²) in [6, 6.07) is 3.67. The van der Waals surface area contributed by atoms with E-state index in [1.54, 1.807) is 33.9 Å². The molecule has 0 saturated carbocycles. The minimum Gasteiger partial charge on any atom is -0.481 e. The molecule has 0 aliphatic heterocycles. The number of methoxy groups -OCH3 is 1. The number of hydrogen-bond acceptors (Lipinski definition) is 5. The van der Waals surface area contributed by atoms with Crippen LogP contribution in [0.1, 0.15) is 39.8 Å². The van der Waals surface area contributed by atoms with E-state index in [0.717, 1.165) is 16.6 Å². The third-order valence-electron chi connectivity index (χ3n) is 4.11. The average molecular weight is 427 g/mol. The standard InChI is InChI=1S/C19H27BrN2O4/c1-11-8-12(10-14-13(20)6-7-16(21-14)25-5)17(23)15(9-11)22-18(24)26-19(2,3)4/h6-7,9,11-12,17,23H,8,10H2,1-5H3,(H,22,24)/t11-,12+,17?/m1/s1. The lowest BCUT2D eigenvalue weighted by Crippen LogP contribution is -2.40. The van der Waals surface area contributed by atoms with Gasteiger partial charge in [-0.1, -0.05) is 13.0 Å². The number of carbonyl (C=O) groups is 1. The molecule has 2 rings (SSSR count). The first-order valence-electron chi connectivity index (χ1n) is 8.68. The summed E-state index contributed by atoms with van der Waals surface area (Å²) < 4.78 is 11.3. The highest BCUT2D eigenvalue weighted by Crippen LogP contribution is 2.32. The van der Waals surface area contributed by atoms with Gasteiger partial charge in [0.2, 0.25) is 5.88 Å². The Hall–Kier alpha value is -1.60. The Balaban J connectivity index is 2.12. The van der Waals surface area contributed by atoms with Crippen LogP contribution in [0.15, 0.2) is 28.4 Å². The zero-order chi connectivity index (χ0) is 19.5. The van der Waals surface area contributed by atoms with Crippen molar-refractivity contribution in [2.24, 2.45) is 11.8 Å². The molecule has 1 aliphatic carbocycles. The molecule has 0 bridgehead atoms. The number of pyridine rings is 1. The number of aliphatic hydroxyl groups is 1. The predicted octanol–water partition coefficient (Wildman–Crippen LogP) is 3.82. The van der Waals surface area contributed by atoms with Crippen LogP contribution >= 0.6 is 15.9 Å². The van der Waals surface area contributed by atoms with Gasteiger partial charge in [0.15, 0.2) is 0 Å². The van der Waals surface area contributed by atoms with Crippen molar-refractivity contribution in [1.82, 2.24) is 10.3 Å². The van der Waals surface area contributed by atoms with E-state index < -0.39 is 17.8 Å². The van der Waals surface area contributed by atoms with Crippen LogP contribution in [0.4, 0.5) is 4.79 Å². The number of allylic oxidation sites excluding steroid dienone is 1. The number of alkyl carbamates (subject to hydrolysis) is 1. The first-order chi connectivity index (χ1) is 12.1. The number of nitrogens with one attached hydrogen (secondary N) is 1. The van der Waals surface area contributed by atoms with Gasteiger partial charge >= 0.3 is 6.09 Å². The van der Waals surface area contributed by atoms with Crippen LogP contribution in [0, 0.1) is 11.8 Å². The first kappa shape index (κ1) is 20.7. The molecule has 1 heterocycles. The van der Waals surface area contributed by atoms with E-state index in [4.69, 9.17) is 9.47 Å². The fourth-order valence-corrected chi connectivity index (χ4v) is 3.42. The number of ether oxygens (including phenoxy) is 2. The van der Waals surface area contributed by atoms with E-state index in [2.05, 4.69) is 33.2 Å². The highest BCUT2D eigenvalue weighted by molar-refractivity contribution is 9.10. The molecule has 0 fully saturated rings. The molecule has 7 heteroatoms. The van der Waals surface area contributed by atoms with Crippen LogP contribution in [0.25, 0.3) is 0 Å². The lowest BCUT2D eigenvalue weighted by molar-refractivity contribution is 0.0493. The molecule has 0 radical (unpaired) electrons. The lowest BCUT2D eigenvalue weighted by Gasteiger charge is -2.32. The van der Waals surface area contributed by atoms with Crippen LogP contribution in [0.2, 0.25) is 0 Å². The van der Waals surface area contributed by atoms with Gasteiger partial charge in [-0.25, -0.2) is 9.78 Å². The lowest BCUT2D eigenvalue weighted by atomic mass is 9.81. The number of carbonyl (C=O) groups excluding carboxylic acids is 1. The van der Waals surface area contributed by atoms with Gasteiger partial charge in [-0.15, -0.1) is 0 Å². The molecule has 1 unspecified atom stereocenters. The normalized spacial score (nSPS) is 23.2. The fourth-order valence-electron chi connectivity index (χ4n) is 3.04. The molecular formula is C19H27BrN2O4. The summed E-state index contributed by atoms with van der Waals surface area (Å²) in [5.74, 6) is 0.678. The third kappa shape index (κ3) is 5.71. The van der Waals surface area contributed by atoms with Gasteiger partial charge in [-0.2, -0.15) is 0 Å². The summed E-state index contributed by atoms with van der Waals surface area (Å²) in [6.45, 7) is 7.46.